The minimum atomic E-state index is -3.43. The maximum Gasteiger partial charge on any atom is 0.358 e. The number of rotatable bonds is 18. The highest BCUT2D eigenvalue weighted by Crippen LogP contribution is 2.22. The monoisotopic (exact) mass is 823 g/mol. The minimum absolute atomic E-state index is 0.00859. The van der Waals surface area contributed by atoms with Crippen LogP contribution in [0.3, 0.4) is 0 Å². The van der Waals surface area contributed by atoms with E-state index >= 15 is 0 Å². The molecule has 4 aromatic rings. The van der Waals surface area contributed by atoms with Crippen molar-refractivity contribution in [3.05, 3.63) is 96.1 Å². The van der Waals surface area contributed by atoms with E-state index in [1.807, 2.05) is 100 Å². The number of hydrogen-bond acceptors (Lipinski definition) is 10. The summed E-state index contributed by atoms with van der Waals surface area (Å²) in [5, 5.41) is 8.45. The third-order valence-electron chi connectivity index (χ3n) is 7.46. The van der Waals surface area contributed by atoms with Gasteiger partial charge in [-0.3, -0.25) is 29.0 Å². The number of ketones is 2. The predicted octanol–water partition coefficient (Wildman–Crippen LogP) is 7.07. The second kappa shape index (κ2) is 23.3. The number of esters is 2. The van der Waals surface area contributed by atoms with E-state index in [0.717, 1.165) is 37.0 Å². The molecular formula is C38H46BrF4N5O6. The van der Waals surface area contributed by atoms with Crippen LogP contribution in [0.1, 0.15) is 51.7 Å². The maximum atomic E-state index is 13.7. The van der Waals surface area contributed by atoms with Crippen LogP contribution in [0.25, 0.3) is 11.0 Å². The SMILES string of the molecule is CC(=O)C(F)(F)Br.CCOC(=O)CCN(Cc1ccccc1)CC(F)(F)C(C)=O.CCOC(=O)CCN(Cc1ccccc1)Cn1nnc2ccccc21. The van der Waals surface area contributed by atoms with Gasteiger partial charge in [0.05, 0.1) is 44.8 Å². The highest BCUT2D eigenvalue weighted by molar-refractivity contribution is 9.10. The van der Waals surface area contributed by atoms with Crippen molar-refractivity contribution in [2.75, 3.05) is 32.8 Å². The molecule has 0 unspecified atom stereocenters. The largest absolute Gasteiger partial charge is 0.466 e. The van der Waals surface area contributed by atoms with E-state index in [-0.39, 0.29) is 32.1 Å². The van der Waals surface area contributed by atoms with E-state index in [4.69, 9.17) is 9.47 Å². The number of carbonyl (C=O) groups is 4. The Balaban J connectivity index is 0.000000320. The molecule has 0 aliphatic heterocycles. The lowest BCUT2D eigenvalue weighted by atomic mass is 10.1. The van der Waals surface area contributed by atoms with Crippen molar-refractivity contribution < 1.29 is 46.2 Å². The Morgan fingerprint density at radius 2 is 1.15 bits per heavy atom. The van der Waals surface area contributed by atoms with Crippen molar-refractivity contribution in [1.82, 2.24) is 24.8 Å². The minimum Gasteiger partial charge on any atom is -0.466 e. The van der Waals surface area contributed by atoms with E-state index in [1.54, 1.807) is 6.92 Å². The molecule has 294 valence electrons. The third kappa shape index (κ3) is 17.5. The number of benzene rings is 3. The quantitative estimate of drug-likeness (QED) is 0.0585. The molecule has 11 nitrogen and oxygen atoms in total. The summed E-state index contributed by atoms with van der Waals surface area (Å²) in [6, 6.07) is 27.1. The molecule has 0 bridgehead atoms. The molecule has 1 aromatic heterocycles. The third-order valence-corrected chi connectivity index (χ3v) is 8.02. The van der Waals surface area contributed by atoms with Crippen LogP contribution in [0, 0.1) is 0 Å². The Morgan fingerprint density at radius 1 is 0.704 bits per heavy atom. The van der Waals surface area contributed by atoms with E-state index in [1.165, 1.54) is 10.5 Å². The summed E-state index contributed by atoms with van der Waals surface area (Å²) in [7, 11) is 0. The van der Waals surface area contributed by atoms with Crippen LogP contribution >= 0.6 is 15.9 Å². The Bertz CT molecular complexity index is 1740. The molecule has 4 rings (SSSR count). The molecule has 3 aromatic carbocycles. The van der Waals surface area contributed by atoms with Crippen LogP contribution < -0.4 is 0 Å². The zero-order valence-corrected chi connectivity index (χ0v) is 32.3. The number of para-hydroxylation sites is 1. The first-order valence-electron chi connectivity index (χ1n) is 17.1. The zero-order chi connectivity index (χ0) is 40.1. The standard InChI is InChI=1S/C19H22N4O2.C16H21F2NO3.C3H3BrF2O/c1-2-25-19(24)12-13-22(14-16-8-4-3-5-9-16)15-23-18-11-7-6-10-17(18)20-21-23;1-3-22-15(21)9-10-19(12-16(17,18)13(2)20)11-14-7-5-4-6-8-14;1-2(7)3(4,5)6/h3-11H,2,12-15H2,1H3;4-8H,3,9-12H2,1-2H3;1H3. The van der Waals surface area contributed by atoms with Gasteiger partial charge in [-0.25, -0.2) is 4.68 Å². The fourth-order valence-electron chi connectivity index (χ4n) is 4.67. The van der Waals surface area contributed by atoms with Crippen molar-refractivity contribution in [3.8, 4) is 0 Å². The number of carbonyl (C=O) groups excluding carboxylic acids is 4. The summed E-state index contributed by atoms with van der Waals surface area (Å²) in [6.45, 7) is 7.37. The number of ether oxygens (including phenoxy) is 2. The lowest BCUT2D eigenvalue weighted by Crippen LogP contribution is -2.42. The fraction of sp³-hybridized carbons (Fsp3) is 0.421. The van der Waals surface area contributed by atoms with Crippen LogP contribution in [0.2, 0.25) is 0 Å². The lowest BCUT2D eigenvalue weighted by molar-refractivity contribution is -0.146. The van der Waals surface area contributed by atoms with Gasteiger partial charge in [0.2, 0.25) is 5.78 Å². The van der Waals surface area contributed by atoms with Gasteiger partial charge in [0.1, 0.15) is 5.52 Å². The van der Waals surface area contributed by atoms with Crippen LogP contribution in [-0.2, 0) is 48.4 Å². The first-order valence-corrected chi connectivity index (χ1v) is 17.9. The second-order valence-electron chi connectivity index (χ2n) is 11.9. The van der Waals surface area contributed by atoms with Gasteiger partial charge < -0.3 is 9.47 Å². The van der Waals surface area contributed by atoms with Crippen molar-refractivity contribution in [3.63, 3.8) is 0 Å². The number of alkyl halides is 5. The molecule has 0 aliphatic carbocycles. The molecule has 0 saturated heterocycles. The summed E-state index contributed by atoms with van der Waals surface area (Å²) in [4.78, 5) is 44.1. The van der Waals surface area contributed by atoms with E-state index in [0.29, 0.717) is 26.2 Å². The molecule has 0 fully saturated rings. The molecule has 0 saturated carbocycles. The number of hydrogen-bond donors (Lipinski definition) is 0. The van der Waals surface area contributed by atoms with Gasteiger partial charge in [0.25, 0.3) is 0 Å². The molecule has 1 heterocycles. The van der Waals surface area contributed by atoms with Crippen molar-refractivity contribution >= 4 is 50.5 Å². The number of fused-ring (bicyclic) bond motifs is 1. The summed E-state index contributed by atoms with van der Waals surface area (Å²) in [5.41, 5.74) is 3.88. The Morgan fingerprint density at radius 3 is 1.61 bits per heavy atom. The number of halogens is 5. The fourth-order valence-corrected chi connectivity index (χ4v) is 4.67. The van der Waals surface area contributed by atoms with Gasteiger partial charge in [-0.15, -0.1) is 5.10 Å². The predicted molar refractivity (Wildman–Crippen MR) is 199 cm³/mol. The number of nitrogens with zero attached hydrogens (tertiary/aromatic N) is 5. The number of aromatic nitrogens is 3. The molecule has 16 heteroatoms. The molecular weight excluding hydrogens is 778 g/mol. The first kappa shape index (κ1) is 45.6. The normalized spacial score (nSPS) is 11.3. The highest BCUT2D eigenvalue weighted by atomic mass is 79.9. The summed E-state index contributed by atoms with van der Waals surface area (Å²) < 4.78 is 61.9. The van der Waals surface area contributed by atoms with Crippen LogP contribution in [0.4, 0.5) is 17.6 Å². The first-order chi connectivity index (χ1) is 25.5. The van der Waals surface area contributed by atoms with Gasteiger partial charge in [-0.2, -0.15) is 17.6 Å². The Hall–Kier alpha value is -4.54. The van der Waals surface area contributed by atoms with Gasteiger partial charge in [0, 0.05) is 40.0 Å². The molecule has 0 spiro atoms. The maximum absolute atomic E-state index is 13.7. The van der Waals surface area contributed by atoms with Crippen LogP contribution in [0.15, 0.2) is 84.9 Å². The number of Topliss-reactive ketones (excluding diaryl/α,β-unsaturated/α-hetero) is 2. The average Bonchev–Trinajstić information content (AvgIpc) is 3.53. The summed E-state index contributed by atoms with van der Waals surface area (Å²) in [5.74, 6) is -6.39. The molecule has 0 N–H and O–H groups in total. The zero-order valence-electron chi connectivity index (χ0n) is 30.7. The lowest BCUT2D eigenvalue weighted by Gasteiger charge is -2.25. The molecule has 0 amide bonds. The van der Waals surface area contributed by atoms with Crippen molar-refractivity contribution in [1.29, 1.82) is 0 Å². The molecule has 54 heavy (non-hydrogen) atoms. The van der Waals surface area contributed by atoms with Gasteiger partial charge in [0.15, 0.2) is 5.78 Å². The van der Waals surface area contributed by atoms with E-state index < -0.39 is 34.8 Å². The highest BCUT2D eigenvalue weighted by Gasteiger charge is 2.37. The van der Waals surface area contributed by atoms with Crippen LogP contribution in [-0.4, -0.2) is 91.9 Å². The van der Waals surface area contributed by atoms with E-state index in [9.17, 15) is 36.7 Å². The molecule has 0 atom stereocenters. The summed E-state index contributed by atoms with van der Waals surface area (Å²) >= 11 is 1.86. The van der Waals surface area contributed by atoms with Gasteiger partial charge >= 0.3 is 22.7 Å². The van der Waals surface area contributed by atoms with Crippen molar-refractivity contribution in [2.45, 2.75) is 71.0 Å². The molecule has 0 radical (unpaired) electrons. The van der Waals surface area contributed by atoms with Gasteiger partial charge in [-0.1, -0.05) is 78.0 Å². The van der Waals surface area contributed by atoms with Crippen LogP contribution in [0.5, 0.6) is 0 Å². The Kier molecular flexibility index (Phi) is 19.7. The van der Waals surface area contributed by atoms with Crippen molar-refractivity contribution in [2.24, 2.45) is 0 Å². The Labute approximate surface area is 320 Å². The second-order valence-corrected chi connectivity index (χ2v) is 12.9. The van der Waals surface area contributed by atoms with Gasteiger partial charge in [-0.05, 0) is 53.0 Å². The van der Waals surface area contributed by atoms with E-state index in [2.05, 4.69) is 27.3 Å². The summed E-state index contributed by atoms with van der Waals surface area (Å²) in [6.07, 6.45) is 0.363. The average molecular weight is 825 g/mol. The topological polar surface area (TPSA) is 124 Å². The smallest absolute Gasteiger partial charge is 0.358 e. The molecule has 0 aliphatic rings.